The number of hydrogen-bond donors (Lipinski definition) is 1. The van der Waals surface area contributed by atoms with Crippen molar-refractivity contribution in [2.45, 2.75) is 71.8 Å². The summed E-state index contributed by atoms with van der Waals surface area (Å²) in [6.07, 6.45) is 5.60. The molecule has 32 heavy (non-hydrogen) atoms. The van der Waals surface area contributed by atoms with Crippen LogP contribution in [-0.2, 0) is 9.47 Å². The lowest BCUT2D eigenvalue weighted by molar-refractivity contribution is 0.0428. The number of rotatable bonds is 2. The molecule has 2 amide bonds. The molecule has 1 aromatic rings. The zero-order valence-corrected chi connectivity index (χ0v) is 20.8. The Hall–Kier alpha value is -2.75. The SMILES string of the molecule is CC1=CC2NC(c3nc(Br)cnc3N(C(=O)OC(C)(C)C)C(=O)OC(C)(C)C)=NC2C=C1. The van der Waals surface area contributed by atoms with Gasteiger partial charge in [0.2, 0.25) is 0 Å². The van der Waals surface area contributed by atoms with Gasteiger partial charge in [-0.15, -0.1) is 0 Å². The van der Waals surface area contributed by atoms with Gasteiger partial charge in [0.25, 0.3) is 0 Å². The smallest absolute Gasteiger partial charge is 0.425 e. The second-order valence-corrected chi connectivity index (χ2v) is 10.4. The summed E-state index contributed by atoms with van der Waals surface area (Å²) in [7, 11) is 0. The zero-order valence-electron chi connectivity index (χ0n) is 19.3. The fourth-order valence-corrected chi connectivity index (χ4v) is 3.36. The summed E-state index contributed by atoms with van der Waals surface area (Å²) in [6.45, 7) is 12.3. The minimum absolute atomic E-state index is 0.0359. The Balaban J connectivity index is 2.06. The Morgan fingerprint density at radius 1 is 1.09 bits per heavy atom. The first-order valence-corrected chi connectivity index (χ1v) is 11.0. The van der Waals surface area contributed by atoms with E-state index in [1.807, 2.05) is 19.1 Å². The van der Waals surface area contributed by atoms with Crippen LogP contribution in [0.2, 0.25) is 0 Å². The topological polar surface area (TPSA) is 106 Å². The van der Waals surface area contributed by atoms with E-state index < -0.39 is 23.4 Å². The number of aliphatic imine (C=N–C) groups is 1. The van der Waals surface area contributed by atoms with Gasteiger partial charge in [0, 0.05) is 0 Å². The molecule has 10 heteroatoms. The zero-order chi connectivity index (χ0) is 23.8. The van der Waals surface area contributed by atoms with Crippen LogP contribution in [0.15, 0.2) is 39.6 Å². The molecule has 0 spiro atoms. The van der Waals surface area contributed by atoms with E-state index in [1.54, 1.807) is 41.5 Å². The molecule has 0 saturated carbocycles. The number of allylic oxidation sites excluding steroid dienone is 2. The molecule has 0 radical (unpaired) electrons. The van der Waals surface area contributed by atoms with Crippen molar-refractivity contribution in [2.24, 2.45) is 4.99 Å². The Labute approximate surface area is 196 Å². The van der Waals surface area contributed by atoms with E-state index >= 15 is 0 Å². The number of fused-ring (bicyclic) bond motifs is 1. The third kappa shape index (κ3) is 5.73. The van der Waals surface area contributed by atoms with E-state index in [0.717, 1.165) is 10.5 Å². The van der Waals surface area contributed by atoms with Crippen LogP contribution in [0, 0.1) is 0 Å². The van der Waals surface area contributed by atoms with Crippen molar-refractivity contribution < 1.29 is 19.1 Å². The van der Waals surface area contributed by atoms with Gasteiger partial charge >= 0.3 is 12.2 Å². The predicted molar refractivity (Wildman–Crippen MR) is 125 cm³/mol. The molecule has 2 unspecified atom stereocenters. The summed E-state index contributed by atoms with van der Waals surface area (Å²) < 4.78 is 11.4. The van der Waals surface area contributed by atoms with E-state index in [9.17, 15) is 9.59 Å². The fourth-order valence-electron chi connectivity index (χ4n) is 3.08. The van der Waals surface area contributed by atoms with Gasteiger partial charge in [-0.2, -0.15) is 4.90 Å². The number of amides is 2. The molecule has 1 aliphatic carbocycles. The Morgan fingerprint density at radius 3 is 2.25 bits per heavy atom. The number of nitrogens with one attached hydrogen (secondary N) is 1. The molecule has 0 fully saturated rings. The van der Waals surface area contributed by atoms with Gasteiger partial charge in [0.05, 0.1) is 18.3 Å². The number of aromatic nitrogens is 2. The first-order valence-electron chi connectivity index (χ1n) is 10.2. The van der Waals surface area contributed by atoms with Gasteiger partial charge in [-0.1, -0.05) is 23.8 Å². The van der Waals surface area contributed by atoms with Crippen LogP contribution < -0.4 is 10.2 Å². The second-order valence-electron chi connectivity index (χ2n) is 9.57. The average Bonchev–Trinajstić information content (AvgIpc) is 3.03. The van der Waals surface area contributed by atoms with Crippen molar-refractivity contribution >= 4 is 39.8 Å². The maximum Gasteiger partial charge on any atom is 0.425 e. The lowest BCUT2D eigenvalue weighted by Crippen LogP contribution is -2.45. The summed E-state index contributed by atoms with van der Waals surface area (Å²) in [4.78, 5) is 40.4. The lowest BCUT2D eigenvalue weighted by atomic mass is 10.0. The quantitative estimate of drug-likeness (QED) is 0.629. The van der Waals surface area contributed by atoms with E-state index in [4.69, 9.17) is 9.47 Å². The van der Waals surface area contributed by atoms with E-state index in [0.29, 0.717) is 10.4 Å². The minimum atomic E-state index is -0.920. The standard InChI is InChI=1S/C22H28BrN5O4/c1-12-8-9-13-14(10-12)26-17(25-13)16-18(24-11-15(23)27-16)28(19(29)31-21(2,3)4)20(30)32-22(5,6)7/h8-11,13-14H,1-7H3,(H,25,26). The first-order chi connectivity index (χ1) is 14.7. The molecule has 0 bridgehead atoms. The second kappa shape index (κ2) is 8.65. The predicted octanol–water partition coefficient (Wildman–Crippen LogP) is 4.52. The number of halogens is 1. The normalized spacial score (nSPS) is 20.0. The van der Waals surface area contributed by atoms with Crippen LogP contribution in [0.3, 0.4) is 0 Å². The number of nitrogens with zero attached hydrogens (tertiary/aromatic N) is 4. The first kappa shape index (κ1) is 23.9. The van der Waals surface area contributed by atoms with Crippen molar-refractivity contribution in [1.29, 1.82) is 0 Å². The van der Waals surface area contributed by atoms with Crippen LogP contribution >= 0.6 is 15.9 Å². The molecule has 2 aliphatic rings. The molecule has 1 aromatic heterocycles. The molecule has 2 atom stereocenters. The highest BCUT2D eigenvalue weighted by molar-refractivity contribution is 9.10. The van der Waals surface area contributed by atoms with Gasteiger partial charge in [0.15, 0.2) is 11.7 Å². The van der Waals surface area contributed by atoms with Gasteiger partial charge in [0.1, 0.15) is 21.5 Å². The highest BCUT2D eigenvalue weighted by atomic mass is 79.9. The maximum atomic E-state index is 13.1. The van der Waals surface area contributed by atoms with E-state index in [-0.39, 0.29) is 23.6 Å². The molecule has 172 valence electrons. The average molecular weight is 506 g/mol. The highest BCUT2D eigenvalue weighted by Gasteiger charge is 2.38. The third-order valence-corrected chi connectivity index (χ3v) is 4.64. The Bertz CT molecular complexity index is 992. The summed E-state index contributed by atoms with van der Waals surface area (Å²) in [5, 5.41) is 3.30. The van der Waals surface area contributed by atoms with Crippen molar-refractivity contribution in [1.82, 2.24) is 15.3 Å². The summed E-state index contributed by atoms with van der Waals surface area (Å²) in [6, 6.07) is -0.182. The number of ether oxygens (including phenoxy) is 2. The van der Waals surface area contributed by atoms with Crippen LogP contribution in [0.4, 0.5) is 15.4 Å². The van der Waals surface area contributed by atoms with Crippen LogP contribution in [0.5, 0.6) is 0 Å². The lowest BCUT2D eigenvalue weighted by Gasteiger charge is -2.28. The summed E-state index contributed by atoms with van der Waals surface area (Å²) >= 11 is 3.32. The molecule has 1 aliphatic heterocycles. The molecule has 2 heterocycles. The van der Waals surface area contributed by atoms with Crippen molar-refractivity contribution in [3.05, 3.63) is 40.3 Å². The van der Waals surface area contributed by atoms with Gasteiger partial charge in [-0.05, 0) is 64.4 Å². The van der Waals surface area contributed by atoms with Crippen LogP contribution in [-0.4, -0.2) is 51.3 Å². The van der Waals surface area contributed by atoms with Crippen molar-refractivity contribution in [3.8, 4) is 0 Å². The van der Waals surface area contributed by atoms with Crippen LogP contribution in [0.25, 0.3) is 0 Å². The Morgan fingerprint density at radius 2 is 1.69 bits per heavy atom. The number of hydrogen-bond acceptors (Lipinski definition) is 8. The third-order valence-electron chi connectivity index (χ3n) is 4.26. The number of amidine groups is 1. The monoisotopic (exact) mass is 505 g/mol. The molecule has 9 nitrogen and oxygen atoms in total. The number of carbonyl (C=O) groups excluding carboxylic acids is 2. The number of imide groups is 1. The Kier molecular flexibility index (Phi) is 6.46. The van der Waals surface area contributed by atoms with Crippen LogP contribution in [0.1, 0.15) is 54.2 Å². The molecule has 3 rings (SSSR count). The van der Waals surface area contributed by atoms with Gasteiger partial charge in [-0.25, -0.2) is 19.6 Å². The molecule has 0 saturated heterocycles. The molecular weight excluding hydrogens is 478 g/mol. The highest BCUT2D eigenvalue weighted by Crippen LogP contribution is 2.27. The molecular formula is C22H28BrN5O4. The summed E-state index contributed by atoms with van der Waals surface area (Å²) in [5.74, 6) is 0.378. The van der Waals surface area contributed by atoms with E-state index in [1.165, 1.54) is 6.20 Å². The fraction of sp³-hybridized carbons (Fsp3) is 0.500. The number of carbonyl (C=O) groups is 2. The molecule has 1 N–H and O–H groups in total. The van der Waals surface area contributed by atoms with E-state index in [2.05, 4.69) is 42.3 Å². The van der Waals surface area contributed by atoms with Gasteiger partial charge in [-0.3, -0.25) is 4.99 Å². The number of anilines is 1. The van der Waals surface area contributed by atoms with Crippen molar-refractivity contribution in [3.63, 3.8) is 0 Å². The summed E-state index contributed by atoms with van der Waals surface area (Å²) in [5.41, 5.74) is -0.346. The largest absolute Gasteiger partial charge is 0.443 e. The minimum Gasteiger partial charge on any atom is -0.443 e. The van der Waals surface area contributed by atoms with Gasteiger partial charge < -0.3 is 14.8 Å². The molecule has 0 aromatic carbocycles. The van der Waals surface area contributed by atoms with Crippen molar-refractivity contribution in [2.75, 3.05) is 4.90 Å². The maximum absolute atomic E-state index is 13.1.